The molecule has 3 aromatic rings. The van der Waals surface area contributed by atoms with E-state index in [2.05, 4.69) is 16.5 Å². The summed E-state index contributed by atoms with van der Waals surface area (Å²) in [4.78, 5) is 23.7. The molecule has 1 aliphatic rings. The van der Waals surface area contributed by atoms with E-state index in [0.717, 1.165) is 48.4 Å². The third kappa shape index (κ3) is 2.80. The molecule has 1 unspecified atom stereocenters. The van der Waals surface area contributed by atoms with Crippen molar-refractivity contribution in [2.75, 3.05) is 13.1 Å². The van der Waals surface area contributed by atoms with Gasteiger partial charge >= 0.3 is 0 Å². The molecule has 1 aliphatic heterocycles. The van der Waals surface area contributed by atoms with Crippen molar-refractivity contribution in [1.29, 1.82) is 0 Å². The maximum Gasteiger partial charge on any atom is 0.253 e. The van der Waals surface area contributed by atoms with Crippen LogP contribution in [0.4, 0.5) is 0 Å². The summed E-state index contributed by atoms with van der Waals surface area (Å²) in [7, 11) is 2.03. The lowest BCUT2D eigenvalue weighted by atomic mass is 10.1. The number of rotatable bonds is 3. The van der Waals surface area contributed by atoms with Gasteiger partial charge in [0.25, 0.3) is 5.91 Å². The van der Waals surface area contributed by atoms with Gasteiger partial charge in [-0.25, -0.2) is 4.98 Å². The summed E-state index contributed by atoms with van der Waals surface area (Å²) in [6.45, 7) is 3.62. The zero-order valence-corrected chi connectivity index (χ0v) is 14.6. The van der Waals surface area contributed by atoms with Gasteiger partial charge in [-0.15, -0.1) is 0 Å². The third-order valence-corrected chi connectivity index (χ3v) is 5.17. The van der Waals surface area contributed by atoms with Crippen LogP contribution in [-0.2, 0) is 13.5 Å². The highest BCUT2D eigenvalue weighted by Crippen LogP contribution is 2.29. The van der Waals surface area contributed by atoms with E-state index in [1.54, 1.807) is 6.20 Å². The highest BCUT2D eigenvalue weighted by Gasteiger charge is 2.30. The van der Waals surface area contributed by atoms with Crippen molar-refractivity contribution >= 4 is 16.9 Å². The van der Waals surface area contributed by atoms with Crippen LogP contribution in [0.3, 0.4) is 0 Å². The molecule has 0 spiro atoms. The Balaban J connectivity index is 1.53. The van der Waals surface area contributed by atoms with E-state index in [4.69, 9.17) is 4.98 Å². The minimum atomic E-state index is 0.116. The average Bonchev–Trinajstić information content (AvgIpc) is 3.27. The molecule has 2 aromatic heterocycles. The zero-order valence-electron chi connectivity index (χ0n) is 14.6. The Morgan fingerprint density at radius 2 is 2.04 bits per heavy atom. The molecular formula is C20H22N4O. The number of aryl methyl sites for hydroxylation is 2. The Bertz CT molecular complexity index is 913. The SMILES string of the molecule is CCc1ccc(C(=O)N2CCC(c3nc4ccncc4n3C)C2)cc1. The molecule has 25 heavy (non-hydrogen) atoms. The van der Waals surface area contributed by atoms with Gasteiger partial charge in [-0.1, -0.05) is 19.1 Å². The Hall–Kier alpha value is -2.69. The van der Waals surface area contributed by atoms with Crippen LogP contribution in [0.5, 0.6) is 0 Å². The smallest absolute Gasteiger partial charge is 0.253 e. The van der Waals surface area contributed by atoms with Crippen molar-refractivity contribution in [1.82, 2.24) is 19.4 Å². The molecule has 0 saturated carbocycles. The highest BCUT2D eigenvalue weighted by molar-refractivity contribution is 5.94. The number of aromatic nitrogens is 3. The van der Waals surface area contributed by atoms with Gasteiger partial charge in [0.15, 0.2) is 0 Å². The first-order chi connectivity index (χ1) is 12.2. The number of hydrogen-bond acceptors (Lipinski definition) is 3. The molecule has 1 saturated heterocycles. The summed E-state index contributed by atoms with van der Waals surface area (Å²) in [6, 6.07) is 9.90. The fraction of sp³-hybridized carbons (Fsp3) is 0.350. The summed E-state index contributed by atoms with van der Waals surface area (Å²) < 4.78 is 2.11. The normalized spacial score (nSPS) is 17.4. The lowest BCUT2D eigenvalue weighted by Gasteiger charge is -2.17. The maximum atomic E-state index is 12.8. The number of carbonyl (C=O) groups excluding carboxylic acids is 1. The second kappa shape index (κ2) is 6.31. The number of nitrogens with zero attached hydrogens (tertiary/aromatic N) is 4. The molecule has 1 amide bonds. The Kier molecular flexibility index (Phi) is 3.99. The van der Waals surface area contributed by atoms with Crippen LogP contribution in [-0.4, -0.2) is 38.4 Å². The van der Waals surface area contributed by atoms with Crippen LogP contribution < -0.4 is 0 Å². The summed E-state index contributed by atoms with van der Waals surface area (Å²) in [5.41, 5.74) is 4.03. The van der Waals surface area contributed by atoms with Crippen LogP contribution >= 0.6 is 0 Å². The number of pyridine rings is 1. The van der Waals surface area contributed by atoms with E-state index < -0.39 is 0 Å². The number of likely N-dealkylation sites (tertiary alicyclic amines) is 1. The van der Waals surface area contributed by atoms with Gasteiger partial charge in [0, 0.05) is 37.8 Å². The molecule has 0 N–H and O–H groups in total. The van der Waals surface area contributed by atoms with Crippen molar-refractivity contribution in [3.05, 3.63) is 59.7 Å². The molecule has 5 nitrogen and oxygen atoms in total. The first kappa shape index (κ1) is 15.8. The van der Waals surface area contributed by atoms with E-state index in [9.17, 15) is 4.79 Å². The lowest BCUT2D eigenvalue weighted by Crippen LogP contribution is -2.28. The molecule has 0 radical (unpaired) electrons. The fourth-order valence-corrected chi connectivity index (χ4v) is 3.64. The summed E-state index contributed by atoms with van der Waals surface area (Å²) >= 11 is 0. The fourth-order valence-electron chi connectivity index (χ4n) is 3.64. The minimum Gasteiger partial charge on any atom is -0.338 e. The molecule has 1 aromatic carbocycles. The molecule has 5 heteroatoms. The van der Waals surface area contributed by atoms with E-state index in [-0.39, 0.29) is 11.8 Å². The Morgan fingerprint density at radius 3 is 2.76 bits per heavy atom. The Labute approximate surface area is 147 Å². The van der Waals surface area contributed by atoms with E-state index in [0.29, 0.717) is 0 Å². The topological polar surface area (TPSA) is 51.0 Å². The van der Waals surface area contributed by atoms with Crippen molar-refractivity contribution in [2.45, 2.75) is 25.7 Å². The summed E-state index contributed by atoms with van der Waals surface area (Å²) in [6.07, 6.45) is 5.55. The van der Waals surface area contributed by atoms with E-state index in [1.165, 1.54) is 5.56 Å². The van der Waals surface area contributed by atoms with Crippen LogP contribution in [0.25, 0.3) is 11.0 Å². The van der Waals surface area contributed by atoms with Crippen LogP contribution in [0.2, 0.25) is 0 Å². The van der Waals surface area contributed by atoms with Gasteiger partial charge in [0.05, 0.1) is 17.2 Å². The standard InChI is InChI=1S/C20H22N4O/c1-3-14-4-6-15(7-5-14)20(25)24-11-9-16(13-24)19-22-17-8-10-21-12-18(17)23(19)2/h4-8,10,12,16H,3,9,11,13H2,1-2H3. The van der Waals surface area contributed by atoms with E-state index >= 15 is 0 Å². The maximum absolute atomic E-state index is 12.8. The molecule has 1 fully saturated rings. The van der Waals surface area contributed by atoms with Crippen LogP contribution in [0.1, 0.15) is 41.0 Å². The molecule has 0 aliphatic carbocycles. The number of imidazole rings is 1. The van der Waals surface area contributed by atoms with Crippen molar-refractivity contribution in [3.63, 3.8) is 0 Å². The van der Waals surface area contributed by atoms with Gasteiger partial charge in [-0.2, -0.15) is 0 Å². The van der Waals surface area contributed by atoms with Gasteiger partial charge in [0.2, 0.25) is 0 Å². The van der Waals surface area contributed by atoms with Crippen molar-refractivity contribution in [2.24, 2.45) is 7.05 Å². The lowest BCUT2D eigenvalue weighted by molar-refractivity contribution is 0.0790. The predicted molar refractivity (Wildman–Crippen MR) is 97.6 cm³/mol. The quantitative estimate of drug-likeness (QED) is 0.739. The second-order valence-electron chi connectivity index (χ2n) is 6.68. The largest absolute Gasteiger partial charge is 0.338 e. The molecular weight excluding hydrogens is 312 g/mol. The van der Waals surface area contributed by atoms with Gasteiger partial charge in [-0.05, 0) is 36.6 Å². The van der Waals surface area contributed by atoms with Crippen LogP contribution in [0.15, 0.2) is 42.7 Å². The molecule has 3 heterocycles. The third-order valence-electron chi connectivity index (χ3n) is 5.17. The van der Waals surface area contributed by atoms with Crippen molar-refractivity contribution in [3.8, 4) is 0 Å². The monoisotopic (exact) mass is 334 g/mol. The molecule has 128 valence electrons. The first-order valence-corrected chi connectivity index (χ1v) is 8.82. The number of benzene rings is 1. The number of hydrogen-bond donors (Lipinski definition) is 0. The average molecular weight is 334 g/mol. The number of carbonyl (C=O) groups is 1. The Morgan fingerprint density at radius 1 is 1.24 bits per heavy atom. The van der Waals surface area contributed by atoms with Crippen molar-refractivity contribution < 1.29 is 4.79 Å². The number of amides is 1. The zero-order chi connectivity index (χ0) is 17.4. The number of fused-ring (bicyclic) bond motifs is 1. The molecule has 1 atom stereocenters. The van der Waals surface area contributed by atoms with Gasteiger partial charge in [-0.3, -0.25) is 9.78 Å². The highest BCUT2D eigenvalue weighted by atomic mass is 16.2. The second-order valence-corrected chi connectivity index (χ2v) is 6.68. The molecule has 4 rings (SSSR count). The molecule has 0 bridgehead atoms. The van der Waals surface area contributed by atoms with Gasteiger partial charge in [0.1, 0.15) is 5.82 Å². The predicted octanol–water partition coefficient (Wildman–Crippen LogP) is 3.16. The first-order valence-electron chi connectivity index (χ1n) is 8.82. The van der Waals surface area contributed by atoms with Crippen LogP contribution in [0, 0.1) is 0 Å². The van der Waals surface area contributed by atoms with Gasteiger partial charge < -0.3 is 9.47 Å². The summed E-state index contributed by atoms with van der Waals surface area (Å²) in [5, 5.41) is 0. The van der Waals surface area contributed by atoms with E-state index in [1.807, 2.05) is 48.5 Å². The summed E-state index contributed by atoms with van der Waals surface area (Å²) in [5.74, 6) is 1.43. The minimum absolute atomic E-state index is 0.116.